The van der Waals surface area contributed by atoms with Crippen molar-refractivity contribution in [2.45, 2.75) is 0 Å². The lowest BCUT2D eigenvalue weighted by Gasteiger charge is -2.12. The van der Waals surface area contributed by atoms with Crippen LogP contribution in [-0.2, 0) is 0 Å². The molecular weight excluding hydrogens is 203 g/mol. The third-order valence-electron chi connectivity index (χ3n) is 2.28. The molecule has 7 heteroatoms. The van der Waals surface area contributed by atoms with Gasteiger partial charge in [-0.15, -0.1) is 0 Å². The average Bonchev–Trinajstić information content (AvgIpc) is 3.02. The fourth-order valence-corrected chi connectivity index (χ4v) is 1.62. The Labute approximate surface area is 92.3 Å². The minimum Gasteiger partial charge on any atom is -0.269 e. The van der Waals surface area contributed by atoms with Gasteiger partial charge >= 0.3 is 7.12 Å². The molecule has 3 rings (SSSR count). The van der Waals surface area contributed by atoms with Crippen LogP contribution >= 0.6 is 0 Å². The zero-order valence-corrected chi connectivity index (χ0v) is 8.46. The quantitative estimate of drug-likeness (QED) is 0.583. The summed E-state index contributed by atoms with van der Waals surface area (Å²) in [5.74, 6) is 0. The second kappa shape index (κ2) is 3.69. The molecule has 0 saturated heterocycles. The Morgan fingerprint density at radius 1 is 0.625 bits per heavy atom. The van der Waals surface area contributed by atoms with Crippen LogP contribution in [0.3, 0.4) is 0 Å². The van der Waals surface area contributed by atoms with Crippen LogP contribution in [0.4, 0.5) is 0 Å². The van der Waals surface area contributed by atoms with Crippen LogP contribution in [-0.4, -0.2) is 36.2 Å². The predicted octanol–water partition coefficient (Wildman–Crippen LogP) is 0.206. The maximum absolute atomic E-state index is 4.22. The van der Waals surface area contributed by atoms with Gasteiger partial charge in [-0.2, -0.15) is 15.3 Å². The maximum atomic E-state index is 4.22. The lowest BCUT2D eigenvalue weighted by Crippen LogP contribution is -2.42. The maximum Gasteiger partial charge on any atom is 0.568 e. The van der Waals surface area contributed by atoms with E-state index in [1.165, 1.54) is 0 Å². The van der Waals surface area contributed by atoms with Gasteiger partial charge in [-0.25, -0.2) is 0 Å². The molecule has 0 aliphatic rings. The van der Waals surface area contributed by atoms with Crippen molar-refractivity contribution in [3.63, 3.8) is 0 Å². The standard InChI is InChI=1S/C9H9BN6/c1-4-11-14(7-1)10(15-8-2-5-12-15)16-9-3-6-13-16/h1-9H. The van der Waals surface area contributed by atoms with E-state index in [0.29, 0.717) is 0 Å². The van der Waals surface area contributed by atoms with Gasteiger partial charge < -0.3 is 0 Å². The molecule has 0 unspecified atom stereocenters. The second-order valence-corrected chi connectivity index (χ2v) is 3.30. The summed E-state index contributed by atoms with van der Waals surface area (Å²) >= 11 is 0. The van der Waals surface area contributed by atoms with Crippen LogP contribution in [0.1, 0.15) is 0 Å². The Kier molecular flexibility index (Phi) is 2.07. The molecule has 0 atom stereocenters. The molecule has 0 bridgehead atoms. The summed E-state index contributed by atoms with van der Waals surface area (Å²) in [5.41, 5.74) is 0. The van der Waals surface area contributed by atoms with Crippen LogP contribution in [0, 0.1) is 0 Å². The summed E-state index contributed by atoms with van der Waals surface area (Å²) in [6, 6.07) is 5.62. The molecule has 0 N–H and O–H groups in total. The van der Waals surface area contributed by atoms with Crippen LogP contribution in [0.15, 0.2) is 55.4 Å². The van der Waals surface area contributed by atoms with Gasteiger partial charge in [0.05, 0.1) is 0 Å². The molecule has 0 radical (unpaired) electrons. The molecule has 0 aliphatic heterocycles. The number of hydrogen-bond acceptors (Lipinski definition) is 3. The molecule has 3 heterocycles. The van der Waals surface area contributed by atoms with E-state index in [1.54, 1.807) is 32.4 Å². The molecule has 78 valence electrons. The van der Waals surface area contributed by atoms with Crippen LogP contribution < -0.4 is 0 Å². The van der Waals surface area contributed by atoms with Gasteiger partial charge in [0, 0.05) is 37.2 Å². The molecule has 0 aromatic carbocycles. The molecule has 0 aliphatic carbocycles. The third kappa shape index (κ3) is 1.42. The average molecular weight is 212 g/mol. The normalized spacial score (nSPS) is 10.5. The van der Waals surface area contributed by atoms with Crippen molar-refractivity contribution in [2.75, 3.05) is 0 Å². The summed E-state index contributed by atoms with van der Waals surface area (Å²) in [6.07, 6.45) is 10.9. The van der Waals surface area contributed by atoms with Crippen molar-refractivity contribution < 1.29 is 0 Å². The monoisotopic (exact) mass is 212 g/mol. The first-order chi connectivity index (χ1) is 7.95. The van der Waals surface area contributed by atoms with Crippen molar-refractivity contribution in [3.05, 3.63) is 55.4 Å². The van der Waals surface area contributed by atoms with Gasteiger partial charge in [0.15, 0.2) is 0 Å². The Hall–Kier alpha value is -2.31. The van der Waals surface area contributed by atoms with Crippen molar-refractivity contribution >= 4 is 7.12 Å². The van der Waals surface area contributed by atoms with Gasteiger partial charge in [0.2, 0.25) is 0 Å². The van der Waals surface area contributed by atoms with Crippen molar-refractivity contribution in [2.24, 2.45) is 0 Å². The lowest BCUT2D eigenvalue weighted by molar-refractivity contribution is 0.771. The highest BCUT2D eigenvalue weighted by Gasteiger charge is 2.25. The van der Waals surface area contributed by atoms with Gasteiger partial charge in [-0.3, -0.25) is 13.8 Å². The molecule has 0 amide bonds. The first-order valence-electron chi connectivity index (χ1n) is 4.92. The Morgan fingerprint density at radius 2 is 1.00 bits per heavy atom. The largest absolute Gasteiger partial charge is 0.568 e. The highest BCUT2D eigenvalue weighted by molar-refractivity contribution is 6.52. The molecule has 3 aromatic heterocycles. The first kappa shape index (κ1) is 8.96. The van der Waals surface area contributed by atoms with Crippen LogP contribution in [0.5, 0.6) is 0 Å². The van der Waals surface area contributed by atoms with Crippen molar-refractivity contribution in [1.29, 1.82) is 0 Å². The van der Waals surface area contributed by atoms with E-state index in [2.05, 4.69) is 15.3 Å². The summed E-state index contributed by atoms with van der Waals surface area (Å²) in [4.78, 5) is 0. The molecule has 16 heavy (non-hydrogen) atoms. The van der Waals surface area contributed by atoms with E-state index in [0.717, 1.165) is 0 Å². The predicted molar refractivity (Wildman–Crippen MR) is 58.6 cm³/mol. The molecule has 0 fully saturated rings. The second-order valence-electron chi connectivity index (χ2n) is 3.30. The number of rotatable bonds is 3. The minimum atomic E-state index is -0.194. The van der Waals surface area contributed by atoms with E-state index in [-0.39, 0.29) is 7.12 Å². The fourth-order valence-electron chi connectivity index (χ4n) is 1.62. The van der Waals surface area contributed by atoms with E-state index in [9.17, 15) is 0 Å². The summed E-state index contributed by atoms with van der Waals surface area (Å²) < 4.78 is 5.38. The van der Waals surface area contributed by atoms with Crippen LogP contribution in [0.25, 0.3) is 0 Å². The minimum absolute atomic E-state index is 0.194. The Morgan fingerprint density at radius 3 is 1.25 bits per heavy atom. The molecule has 0 spiro atoms. The molecule has 0 saturated carbocycles. The highest BCUT2D eigenvalue weighted by atomic mass is 15.4. The van der Waals surface area contributed by atoms with Gasteiger partial charge in [-0.05, 0) is 18.2 Å². The number of aromatic nitrogens is 6. The smallest absolute Gasteiger partial charge is 0.269 e. The van der Waals surface area contributed by atoms with Gasteiger partial charge in [0.1, 0.15) is 0 Å². The van der Waals surface area contributed by atoms with E-state index in [4.69, 9.17) is 0 Å². The van der Waals surface area contributed by atoms with Gasteiger partial charge in [0.25, 0.3) is 0 Å². The first-order valence-corrected chi connectivity index (χ1v) is 4.92. The summed E-state index contributed by atoms with van der Waals surface area (Å²) in [7, 11) is -0.194. The number of nitrogens with zero attached hydrogens (tertiary/aromatic N) is 6. The van der Waals surface area contributed by atoms with E-state index in [1.807, 2.05) is 36.8 Å². The zero-order valence-electron chi connectivity index (χ0n) is 8.46. The Balaban J connectivity index is 2.09. The third-order valence-corrected chi connectivity index (χ3v) is 2.28. The Bertz CT molecular complexity index is 445. The lowest BCUT2D eigenvalue weighted by atomic mass is 9.96. The molecule has 3 aromatic rings. The topological polar surface area (TPSA) is 53.5 Å². The SMILES string of the molecule is c1cnn(B(n2cccn2)n2cccn2)c1. The van der Waals surface area contributed by atoms with Crippen LogP contribution in [0.2, 0.25) is 0 Å². The summed E-state index contributed by atoms with van der Waals surface area (Å²) in [5, 5.41) is 12.7. The molecular formula is C9H9BN6. The number of hydrogen-bond donors (Lipinski definition) is 0. The zero-order chi connectivity index (χ0) is 10.8. The van der Waals surface area contributed by atoms with Crippen molar-refractivity contribution in [3.8, 4) is 0 Å². The van der Waals surface area contributed by atoms with E-state index < -0.39 is 0 Å². The van der Waals surface area contributed by atoms with Gasteiger partial charge in [-0.1, -0.05) is 0 Å². The van der Waals surface area contributed by atoms with E-state index >= 15 is 0 Å². The highest BCUT2D eigenvalue weighted by Crippen LogP contribution is 1.97. The van der Waals surface area contributed by atoms with Crippen molar-refractivity contribution in [1.82, 2.24) is 29.1 Å². The fraction of sp³-hybridized carbons (Fsp3) is 0. The summed E-state index contributed by atoms with van der Waals surface area (Å²) in [6.45, 7) is 0. The molecule has 6 nitrogen and oxygen atoms in total.